The van der Waals surface area contributed by atoms with Gasteiger partial charge in [0, 0.05) is 6.04 Å². The minimum absolute atomic E-state index is 0.157. The molecule has 2 aromatic rings. The van der Waals surface area contributed by atoms with Crippen LogP contribution in [0.2, 0.25) is 0 Å². The van der Waals surface area contributed by atoms with Gasteiger partial charge in [-0.15, -0.1) is 0 Å². The lowest BCUT2D eigenvalue weighted by Crippen LogP contribution is -2.18. The van der Waals surface area contributed by atoms with E-state index >= 15 is 0 Å². The zero-order valence-corrected chi connectivity index (χ0v) is 10.3. The number of hydrogen-bond acceptors (Lipinski definition) is 5. The van der Waals surface area contributed by atoms with E-state index in [1.807, 2.05) is 31.2 Å². The summed E-state index contributed by atoms with van der Waals surface area (Å²) >= 11 is 0. The first-order chi connectivity index (χ1) is 8.69. The van der Waals surface area contributed by atoms with Gasteiger partial charge in [0.15, 0.2) is 5.82 Å². The molecule has 1 N–H and O–H groups in total. The van der Waals surface area contributed by atoms with Crippen molar-refractivity contribution >= 4 is 0 Å². The molecule has 2 rings (SSSR count). The van der Waals surface area contributed by atoms with Crippen molar-refractivity contribution < 1.29 is 4.52 Å². The van der Waals surface area contributed by atoms with Crippen molar-refractivity contribution in [2.75, 3.05) is 0 Å². The number of benzene rings is 1. The topological polar surface area (TPSA) is 74.7 Å². The van der Waals surface area contributed by atoms with Crippen LogP contribution in [-0.4, -0.2) is 10.1 Å². The summed E-state index contributed by atoms with van der Waals surface area (Å²) in [7, 11) is 0. The highest BCUT2D eigenvalue weighted by Gasteiger charge is 2.07. The molecule has 0 aliphatic carbocycles. The molecule has 1 atom stereocenters. The third-order valence-electron chi connectivity index (χ3n) is 2.67. The highest BCUT2D eigenvalue weighted by Crippen LogP contribution is 2.13. The molecule has 0 bridgehead atoms. The van der Waals surface area contributed by atoms with E-state index in [0.29, 0.717) is 23.8 Å². The van der Waals surface area contributed by atoms with Crippen molar-refractivity contribution in [3.8, 4) is 6.07 Å². The molecule has 1 heterocycles. The lowest BCUT2D eigenvalue weighted by molar-refractivity contribution is 0.357. The predicted molar refractivity (Wildman–Crippen MR) is 65.4 cm³/mol. The Morgan fingerprint density at radius 2 is 2.11 bits per heavy atom. The normalized spacial score (nSPS) is 12.1. The fourth-order valence-corrected chi connectivity index (χ4v) is 1.62. The molecule has 0 saturated heterocycles. The molecule has 18 heavy (non-hydrogen) atoms. The summed E-state index contributed by atoms with van der Waals surface area (Å²) in [5.74, 6) is 1.21. The number of nitrogens with zero attached hydrogens (tertiary/aromatic N) is 3. The highest BCUT2D eigenvalue weighted by atomic mass is 16.5. The van der Waals surface area contributed by atoms with Crippen LogP contribution in [0.4, 0.5) is 0 Å². The van der Waals surface area contributed by atoms with E-state index in [1.54, 1.807) is 6.92 Å². The van der Waals surface area contributed by atoms with Gasteiger partial charge in [-0.3, -0.25) is 0 Å². The summed E-state index contributed by atoms with van der Waals surface area (Å²) in [6.45, 7) is 4.36. The maximum atomic E-state index is 8.73. The Morgan fingerprint density at radius 1 is 1.39 bits per heavy atom. The Bertz CT molecular complexity index is 553. The molecule has 0 radical (unpaired) electrons. The summed E-state index contributed by atoms with van der Waals surface area (Å²) < 4.78 is 5.02. The Hall–Kier alpha value is -2.19. The summed E-state index contributed by atoms with van der Waals surface area (Å²) in [6, 6.07) is 9.76. The van der Waals surface area contributed by atoms with Crippen LogP contribution in [0.15, 0.2) is 28.8 Å². The van der Waals surface area contributed by atoms with E-state index in [0.717, 1.165) is 5.56 Å². The fourth-order valence-electron chi connectivity index (χ4n) is 1.62. The predicted octanol–water partition coefficient (Wildman–Crippen LogP) is 2.10. The average molecular weight is 242 g/mol. The van der Waals surface area contributed by atoms with Gasteiger partial charge in [-0.05, 0) is 31.5 Å². The standard InChI is InChI=1S/C13H14N4O/c1-9(12-5-3-11(7-14)4-6-12)15-8-13-16-10(2)17-18-13/h3-6,9,15H,8H2,1-2H3. The Morgan fingerprint density at radius 3 is 2.67 bits per heavy atom. The number of rotatable bonds is 4. The van der Waals surface area contributed by atoms with Gasteiger partial charge >= 0.3 is 0 Å². The van der Waals surface area contributed by atoms with Crippen LogP contribution in [0.3, 0.4) is 0 Å². The van der Waals surface area contributed by atoms with Crippen molar-refractivity contribution in [2.45, 2.75) is 26.4 Å². The van der Waals surface area contributed by atoms with E-state index in [4.69, 9.17) is 9.78 Å². The largest absolute Gasteiger partial charge is 0.338 e. The first-order valence-corrected chi connectivity index (χ1v) is 5.71. The minimum Gasteiger partial charge on any atom is -0.338 e. The van der Waals surface area contributed by atoms with E-state index < -0.39 is 0 Å². The average Bonchev–Trinajstić information content (AvgIpc) is 2.82. The fraction of sp³-hybridized carbons (Fsp3) is 0.308. The van der Waals surface area contributed by atoms with Gasteiger partial charge in [-0.25, -0.2) is 0 Å². The number of hydrogen-bond donors (Lipinski definition) is 1. The van der Waals surface area contributed by atoms with Gasteiger partial charge in [-0.1, -0.05) is 17.3 Å². The smallest absolute Gasteiger partial charge is 0.240 e. The molecule has 0 saturated carbocycles. The van der Waals surface area contributed by atoms with Gasteiger partial charge in [-0.2, -0.15) is 10.2 Å². The van der Waals surface area contributed by atoms with Gasteiger partial charge in [0.05, 0.1) is 18.2 Å². The molecular weight excluding hydrogens is 228 g/mol. The summed E-state index contributed by atoms with van der Waals surface area (Å²) in [5, 5.41) is 15.7. The Balaban J connectivity index is 1.95. The molecule has 5 nitrogen and oxygen atoms in total. The first-order valence-electron chi connectivity index (χ1n) is 5.71. The molecule has 92 valence electrons. The van der Waals surface area contributed by atoms with E-state index in [2.05, 4.69) is 21.5 Å². The van der Waals surface area contributed by atoms with Crippen molar-refractivity contribution in [1.82, 2.24) is 15.5 Å². The second kappa shape index (κ2) is 5.43. The molecule has 0 amide bonds. The van der Waals surface area contributed by atoms with Crippen LogP contribution in [-0.2, 0) is 6.54 Å². The van der Waals surface area contributed by atoms with Crippen LogP contribution >= 0.6 is 0 Å². The number of aryl methyl sites for hydroxylation is 1. The Labute approximate surface area is 105 Å². The van der Waals surface area contributed by atoms with Crippen molar-refractivity contribution in [3.63, 3.8) is 0 Å². The zero-order chi connectivity index (χ0) is 13.0. The van der Waals surface area contributed by atoms with Crippen LogP contribution in [0, 0.1) is 18.3 Å². The van der Waals surface area contributed by atoms with Crippen molar-refractivity contribution in [1.29, 1.82) is 5.26 Å². The number of nitriles is 1. The van der Waals surface area contributed by atoms with E-state index in [-0.39, 0.29) is 6.04 Å². The maximum Gasteiger partial charge on any atom is 0.240 e. The lowest BCUT2D eigenvalue weighted by Gasteiger charge is -2.12. The van der Waals surface area contributed by atoms with Gasteiger partial charge in [0.25, 0.3) is 0 Å². The van der Waals surface area contributed by atoms with E-state index in [9.17, 15) is 0 Å². The summed E-state index contributed by atoms with van der Waals surface area (Å²) in [4.78, 5) is 4.12. The number of aromatic nitrogens is 2. The molecule has 0 aliphatic heterocycles. The SMILES string of the molecule is Cc1noc(CNC(C)c2ccc(C#N)cc2)n1. The number of nitrogens with one attached hydrogen (secondary N) is 1. The molecule has 5 heteroatoms. The summed E-state index contributed by atoms with van der Waals surface area (Å²) in [6.07, 6.45) is 0. The second-order valence-electron chi connectivity index (χ2n) is 4.07. The van der Waals surface area contributed by atoms with Crippen molar-refractivity contribution in [2.24, 2.45) is 0 Å². The molecule has 0 spiro atoms. The third-order valence-corrected chi connectivity index (χ3v) is 2.67. The molecule has 1 aromatic carbocycles. The molecule has 1 unspecified atom stereocenters. The van der Waals surface area contributed by atoms with Crippen LogP contribution in [0.5, 0.6) is 0 Å². The van der Waals surface area contributed by atoms with Crippen LogP contribution in [0.25, 0.3) is 0 Å². The van der Waals surface area contributed by atoms with Gasteiger partial charge < -0.3 is 9.84 Å². The quantitative estimate of drug-likeness (QED) is 0.888. The zero-order valence-electron chi connectivity index (χ0n) is 10.3. The van der Waals surface area contributed by atoms with Crippen LogP contribution < -0.4 is 5.32 Å². The van der Waals surface area contributed by atoms with Crippen molar-refractivity contribution in [3.05, 3.63) is 47.1 Å². The Kier molecular flexibility index (Phi) is 3.70. The van der Waals surface area contributed by atoms with Crippen LogP contribution in [0.1, 0.15) is 35.8 Å². The maximum absolute atomic E-state index is 8.73. The lowest BCUT2D eigenvalue weighted by atomic mass is 10.1. The first kappa shape index (κ1) is 12.3. The third kappa shape index (κ3) is 2.93. The van der Waals surface area contributed by atoms with Gasteiger partial charge in [0.2, 0.25) is 5.89 Å². The van der Waals surface area contributed by atoms with Gasteiger partial charge in [0.1, 0.15) is 0 Å². The summed E-state index contributed by atoms with van der Waals surface area (Å²) in [5.41, 5.74) is 1.78. The molecule has 0 fully saturated rings. The van der Waals surface area contributed by atoms with E-state index in [1.165, 1.54) is 0 Å². The molecule has 1 aromatic heterocycles. The highest BCUT2D eigenvalue weighted by molar-refractivity contribution is 5.32. The molecule has 0 aliphatic rings. The monoisotopic (exact) mass is 242 g/mol. The molecular formula is C13H14N4O. The minimum atomic E-state index is 0.157. The second-order valence-corrected chi connectivity index (χ2v) is 4.07.